The van der Waals surface area contributed by atoms with Crippen LogP contribution in [-0.4, -0.2) is 15.3 Å². The summed E-state index contributed by atoms with van der Waals surface area (Å²) in [4.78, 5) is 0.783. The second-order valence-corrected chi connectivity index (χ2v) is 5.24. The van der Waals surface area contributed by atoms with Crippen molar-refractivity contribution in [3.05, 3.63) is 54.2 Å². The Labute approximate surface area is 115 Å². The number of fused-ring (bicyclic) bond motifs is 1. The van der Waals surface area contributed by atoms with Crippen LogP contribution in [-0.2, 0) is 0 Å². The SMILES string of the molecule is Cc1nnc(Sc2ccccc2O)c2ccccc12. The first-order valence-corrected chi connectivity index (χ1v) is 6.75. The highest BCUT2D eigenvalue weighted by molar-refractivity contribution is 7.99. The molecule has 4 heteroatoms. The minimum absolute atomic E-state index is 0.263. The van der Waals surface area contributed by atoms with Gasteiger partial charge in [0.15, 0.2) is 0 Å². The highest BCUT2D eigenvalue weighted by Gasteiger charge is 2.09. The summed E-state index contributed by atoms with van der Waals surface area (Å²) >= 11 is 1.43. The molecule has 0 bridgehead atoms. The van der Waals surface area contributed by atoms with E-state index in [0.29, 0.717) is 0 Å². The van der Waals surface area contributed by atoms with Crippen molar-refractivity contribution < 1.29 is 5.11 Å². The van der Waals surface area contributed by atoms with E-state index >= 15 is 0 Å². The number of aromatic hydroxyl groups is 1. The third kappa shape index (κ3) is 2.27. The van der Waals surface area contributed by atoms with E-state index < -0.39 is 0 Å². The van der Waals surface area contributed by atoms with E-state index in [2.05, 4.69) is 10.2 Å². The molecular formula is C15H12N2OS. The molecule has 19 heavy (non-hydrogen) atoms. The average Bonchev–Trinajstić information content (AvgIpc) is 2.44. The molecule has 0 spiro atoms. The number of para-hydroxylation sites is 1. The minimum Gasteiger partial charge on any atom is -0.507 e. The molecule has 1 N–H and O–H groups in total. The van der Waals surface area contributed by atoms with Crippen LogP contribution in [0.3, 0.4) is 0 Å². The van der Waals surface area contributed by atoms with Crippen LogP contribution in [0.25, 0.3) is 10.8 Å². The predicted octanol–water partition coefficient (Wildman–Crippen LogP) is 3.80. The molecule has 3 aromatic rings. The number of hydrogen-bond acceptors (Lipinski definition) is 4. The van der Waals surface area contributed by atoms with Gasteiger partial charge in [0.05, 0.1) is 10.6 Å². The molecule has 94 valence electrons. The Morgan fingerprint density at radius 1 is 0.895 bits per heavy atom. The molecule has 0 aliphatic heterocycles. The summed E-state index contributed by atoms with van der Waals surface area (Å²) in [6.45, 7) is 1.95. The molecule has 0 unspecified atom stereocenters. The summed E-state index contributed by atoms with van der Waals surface area (Å²) in [5, 5.41) is 21.2. The van der Waals surface area contributed by atoms with Gasteiger partial charge in [0.1, 0.15) is 10.8 Å². The second-order valence-electron chi connectivity index (χ2n) is 4.21. The first-order valence-electron chi connectivity index (χ1n) is 5.93. The molecule has 0 saturated carbocycles. The molecule has 0 fully saturated rings. The van der Waals surface area contributed by atoms with Gasteiger partial charge in [0.2, 0.25) is 0 Å². The van der Waals surface area contributed by atoms with Gasteiger partial charge in [0.25, 0.3) is 0 Å². The van der Waals surface area contributed by atoms with Crippen molar-refractivity contribution in [2.75, 3.05) is 0 Å². The van der Waals surface area contributed by atoms with Crippen LogP contribution in [0.2, 0.25) is 0 Å². The molecule has 2 aromatic carbocycles. The van der Waals surface area contributed by atoms with Gasteiger partial charge in [-0.15, -0.1) is 5.10 Å². The molecule has 0 amide bonds. The Kier molecular flexibility index (Phi) is 3.09. The van der Waals surface area contributed by atoms with Crippen molar-refractivity contribution in [2.24, 2.45) is 0 Å². The van der Waals surface area contributed by atoms with Gasteiger partial charge in [-0.3, -0.25) is 0 Å². The summed E-state index contributed by atoms with van der Waals surface area (Å²) in [7, 11) is 0. The Bertz CT molecular complexity index is 743. The molecular weight excluding hydrogens is 256 g/mol. The lowest BCUT2D eigenvalue weighted by atomic mass is 10.1. The van der Waals surface area contributed by atoms with E-state index in [-0.39, 0.29) is 5.75 Å². The number of rotatable bonds is 2. The molecule has 1 aromatic heterocycles. The molecule has 0 aliphatic rings. The Morgan fingerprint density at radius 2 is 1.58 bits per heavy atom. The van der Waals surface area contributed by atoms with Gasteiger partial charge in [-0.25, -0.2) is 0 Å². The summed E-state index contributed by atoms with van der Waals surface area (Å²) in [5.41, 5.74) is 0.914. The monoisotopic (exact) mass is 268 g/mol. The quantitative estimate of drug-likeness (QED) is 0.768. The second kappa shape index (κ2) is 4.90. The average molecular weight is 268 g/mol. The van der Waals surface area contributed by atoms with E-state index in [4.69, 9.17) is 0 Å². The lowest BCUT2D eigenvalue weighted by molar-refractivity contribution is 0.462. The third-order valence-electron chi connectivity index (χ3n) is 2.91. The first kappa shape index (κ1) is 12.0. The van der Waals surface area contributed by atoms with Crippen molar-refractivity contribution in [1.82, 2.24) is 10.2 Å². The van der Waals surface area contributed by atoms with E-state index in [9.17, 15) is 5.11 Å². The number of nitrogens with zero attached hydrogens (tertiary/aromatic N) is 2. The topological polar surface area (TPSA) is 46.0 Å². The van der Waals surface area contributed by atoms with Gasteiger partial charge >= 0.3 is 0 Å². The maximum atomic E-state index is 9.83. The number of aromatic nitrogens is 2. The van der Waals surface area contributed by atoms with Crippen LogP contribution in [0.5, 0.6) is 5.75 Å². The summed E-state index contributed by atoms with van der Waals surface area (Å²) in [5.74, 6) is 0.263. The van der Waals surface area contributed by atoms with Crippen molar-refractivity contribution >= 4 is 22.5 Å². The zero-order chi connectivity index (χ0) is 13.2. The van der Waals surface area contributed by atoms with Crippen LogP contribution in [0, 0.1) is 6.92 Å². The van der Waals surface area contributed by atoms with E-state index in [1.165, 1.54) is 11.8 Å². The number of aryl methyl sites for hydroxylation is 1. The summed E-state index contributed by atoms with van der Waals surface area (Å²) in [6, 6.07) is 15.3. The van der Waals surface area contributed by atoms with Crippen LogP contribution < -0.4 is 0 Å². The van der Waals surface area contributed by atoms with Crippen molar-refractivity contribution in [1.29, 1.82) is 0 Å². The van der Waals surface area contributed by atoms with Crippen LogP contribution in [0.4, 0.5) is 0 Å². The van der Waals surface area contributed by atoms with E-state index in [1.807, 2.05) is 43.3 Å². The van der Waals surface area contributed by atoms with E-state index in [1.54, 1.807) is 12.1 Å². The highest BCUT2D eigenvalue weighted by Crippen LogP contribution is 2.36. The highest BCUT2D eigenvalue weighted by atomic mass is 32.2. The first-order chi connectivity index (χ1) is 9.25. The Hall–Kier alpha value is -2.07. The van der Waals surface area contributed by atoms with Crippen LogP contribution in [0.15, 0.2) is 58.5 Å². The van der Waals surface area contributed by atoms with Crippen molar-refractivity contribution in [3.8, 4) is 5.75 Å². The smallest absolute Gasteiger partial charge is 0.132 e. The summed E-state index contributed by atoms with van der Waals surface area (Å²) < 4.78 is 0. The molecule has 3 nitrogen and oxygen atoms in total. The Balaban J connectivity index is 2.12. The zero-order valence-corrected chi connectivity index (χ0v) is 11.2. The fourth-order valence-corrected chi connectivity index (χ4v) is 2.83. The fourth-order valence-electron chi connectivity index (χ4n) is 1.94. The Morgan fingerprint density at radius 3 is 2.37 bits per heavy atom. The predicted molar refractivity (Wildman–Crippen MR) is 76.5 cm³/mol. The third-order valence-corrected chi connectivity index (χ3v) is 3.97. The number of phenolic OH excluding ortho intramolecular Hbond substituents is 1. The van der Waals surface area contributed by atoms with Gasteiger partial charge < -0.3 is 5.11 Å². The molecule has 3 rings (SSSR count). The standard InChI is InChI=1S/C15H12N2OS/c1-10-11-6-2-3-7-12(11)15(17-16-10)19-14-9-5-4-8-13(14)18/h2-9,18H,1H3. The lowest BCUT2D eigenvalue weighted by Crippen LogP contribution is -1.92. The maximum absolute atomic E-state index is 9.83. The van der Waals surface area contributed by atoms with E-state index in [0.717, 1.165) is 26.4 Å². The van der Waals surface area contributed by atoms with Gasteiger partial charge in [-0.05, 0) is 19.1 Å². The van der Waals surface area contributed by atoms with Crippen molar-refractivity contribution in [3.63, 3.8) is 0 Å². The normalized spacial score (nSPS) is 10.8. The summed E-state index contributed by atoms with van der Waals surface area (Å²) in [6.07, 6.45) is 0. The van der Waals surface area contributed by atoms with Crippen LogP contribution in [0.1, 0.15) is 5.69 Å². The maximum Gasteiger partial charge on any atom is 0.132 e. The van der Waals surface area contributed by atoms with Crippen molar-refractivity contribution in [2.45, 2.75) is 16.8 Å². The van der Waals surface area contributed by atoms with Gasteiger partial charge in [0, 0.05) is 10.8 Å². The zero-order valence-electron chi connectivity index (χ0n) is 10.4. The number of hydrogen-bond donors (Lipinski definition) is 1. The van der Waals surface area contributed by atoms with Gasteiger partial charge in [-0.1, -0.05) is 48.2 Å². The minimum atomic E-state index is 0.263. The molecule has 0 atom stereocenters. The fraction of sp³-hybridized carbons (Fsp3) is 0.0667. The molecule has 1 heterocycles. The largest absolute Gasteiger partial charge is 0.507 e. The molecule has 0 saturated heterocycles. The molecule has 0 aliphatic carbocycles. The molecule has 0 radical (unpaired) electrons. The van der Waals surface area contributed by atoms with Gasteiger partial charge in [-0.2, -0.15) is 5.10 Å². The number of phenols is 1. The lowest BCUT2D eigenvalue weighted by Gasteiger charge is -2.07. The number of benzene rings is 2. The van der Waals surface area contributed by atoms with Crippen LogP contribution >= 0.6 is 11.8 Å².